The summed E-state index contributed by atoms with van der Waals surface area (Å²) in [5, 5.41) is 10.7. The Morgan fingerprint density at radius 1 is 1.05 bits per heavy atom. The number of aromatic nitrogens is 3. The summed E-state index contributed by atoms with van der Waals surface area (Å²) in [6, 6.07) is 13.7. The number of nitrogens with zero attached hydrogens (tertiary/aromatic N) is 6. The lowest BCUT2D eigenvalue weighted by molar-refractivity contribution is -0.140. The van der Waals surface area contributed by atoms with Gasteiger partial charge in [-0.15, -0.1) is 0 Å². The molecular weight excluding hydrogens is 468 g/mol. The summed E-state index contributed by atoms with van der Waals surface area (Å²) < 4.78 is 0. The van der Waals surface area contributed by atoms with Gasteiger partial charge < -0.3 is 14.9 Å². The van der Waals surface area contributed by atoms with Crippen LogP contribution in [0.4, 0.5) is 10.5 Å². The molecule has 1 atom stereocenters. The van der Waals surface area contributed by atoms with Gasteiger partial charge in [0.25, 0.3) is 5.91 Å². The van der Waals surface area contributed by atoms with E-state index in [4.69, 9.17) is 4.98 Å². The smallest absolute Gasteiger partial charge is 0.324 e. The van der Waals surface area contributed by atoms with Crippen molar-refractivity contribution < 1.29 is 14.7 Å². The maximum Gasteiger partial charge on any atom is 0.324 e. The van der Waals surface area contributed by atoms with Crippen LogP contribution >= 0.6 is 0 Å². The third-order valence-corrected chi connectivity index (χ3v) is 7.33. The topological polar surface area (TPSA) is 103 Å². The van der Waals surface area contributed by atoms with Gasteiger partial charge in [-0.3, -0.25) is 19.7 Å². The van der Waals surface area contributed by atoms with Crippen molar-refractivity contribution in [3.05, 3.63) is 60.4 Å². The first-order valence-electron chi connectivity index (χ1n) is 12.6. The van der Waals surface area contributed by atoms with E-state index in [-0.39, 0.29) is 18.0 Å². The maximum atomic E-state index is 13.5. The van der Waals surface area contributed by atoms with Gasteiger partial charge in [0.1, 0.15) is 11.6 Å². The molecule has 3 aromatic heterocycles. The van der Waals surface area contributed by atoms with E-state index in [1.165, 1.54) is 6.92 Å². The molecule has 0 bridgehead atoms. The zero-order valence-corrected chi connectivity index (χ0v) is 20.8. The van der Waals surface area contributed by atoms with Gasteiger partial charge in [0, 0.05) is 55.1 Å². The molecule has 6 rings (SSSR count). The van der Waals surface area contributed by atoms with Crippen LogP contribution in [-0.4, -0.2) is 74.1 Å². The Balaban J connectivity index is 1.42. The number of urea groups is 1. The number of anilines is 1. The number of piperidine rings is 1. The minimum absolute atomic E-state index is 0.0834. The third-order valence-electron chi connectivity index (χ3n) is 7.33. The fraction of sp³-hybridized carbons (Fsp3) is 0.321. The number of rotatable bonds is 3. The highest BCUT2D eigenvalue weighted by atomic mass is 16.3. The second kappa shape index (κ2) is 9.08. The number of amides is 3. The first-order valence-corrected chi connectivity index (χ1v) is 12.6. The monoisotopic (exact) mass is 496 g/mol. The number of hydrogen-bond acceptors (Lipinski definition) is 6. The van der Waals surface area contributed by atoms with Crippen LogP contribution in [0.5, 0.6) is 0 Å². The number of fused-ring (bicyclic) bond motifs is 4. The largest absolute Gasteiger partial charge is 0.384 e. The fourth-order valence-electron chi connectivity index (χ4n) is 5.40. The zero-order chi connectivity index (χ0) is 25.7. The van der Waals surface area contributed by atoms with Crippen LogP contribution in [0.1, 0.15) is 25.3 Å². The predicted octanol–water partition coefficient (Wildman–Crippen LogP) is 3.59. The van der Waals surface area contributed by atoms with E-state index >= 15 is 0 Å². The molecule has 0 radical (unpaired) electrons. The number of likely N-dealkylation sites (tertiary alicyclic amines) is 1. The van der Waals surface area contributed by atoms with Crippen LogP contribution in [-0.2, 0) is 11.3 Å². The van der Waals surface area contributed by atoms with Crippen LogP contribution in [0.15, 0.2) is 54.9 Å². The lowest BCUT2D eigenvalue weighted by Gasteiger charge is -2.43. The molecule has 1 saturated heterocycles. The summed E-state index contributed by atoms with van der Waals surface area (Å²) in [5.74, 6) is -0.272. The Morgan fingerprint density at radius 3 is 2.59 bits per heavy atom. The molecule has 1 fully saturated rings. The number of carbonyl (C=O) groups is 2. The Labute approximate surface area is 214 Å². The highest BCUT2D eigenvalue weighted by Gasteiger charge is 2.38. The molecule has 0 aliphatic carbocycles. The highest BCUT2D eigenvalue weighted by Crippen LogP contribution is 2.38. The fourth-order valence-corrected chi connectivity index (χ4v) is 5.40. The van der Waals surface area contributed by atoms with Crippen molar-refractivity contribution in [2.75, 3.05) is 25.0 Å². The van der Waals surface area contributed by atoms with Crippen molar-refractivity contribution in [3.63, 3.8) is 0 Å². The van der Waals surface area contributed by atoms with E-state index in [1.54, 1.807) is 16.8 Å². The lowest BCUT2D eigenvalue weighted by atomic mass is 9.99. The van der Waals surface area contributed by atoms with Crippen molar-refractivity contribution in [3.8, 4) is 11.3 Å². The number of hydrogen-bond donors (Lipinski definition) is 1. The average Bonchev–Trinajstić information content (AvgIpc) is 2.93. The SMILES string of the molecule is C[C@H](O)C(=O)N1CCC(N2C(=O)N(C)Cc3cnc4ccc(-c5cnc6ccccc6c5)nc4c32)CC1. The van der Waals surface area contributed by atoms with Gasteiger partial charge in [-0.1, -0.05) is 18.2 Å². The van der Waals surface area contributed by atoms with E-state index in [1.807, 2.05) is 53.7 Å². The molecule has 0 unspecified atom stereocenters. The molecule has 9 nitrogen and oxygen atoms in total. The van der Waals surface area contributed by atoms with Crippen molar-refractivity contribution in [1.82, 2.24) is 24.8 Å². The minimum Gasteiger partial charge on any atom is -0.384 e. The molecule has 9 heteroatoms. The Bertz CT molecular complexity index is 1530. The van der Waals surface area contributed by atoms with E-state index in [9.17, 15) is 14.7 Å². The zero-order valence-electron chi connectivity index (χ0n) is 20.8. The quantitative estimate of drug-likeness (QED) is 0.465. The van der Waals surface area contributed by atoms with Gasteiger partial charge in [0.2, 0.25) is 0 Å². The van der Waals surface area contributed by atoms with Gasteiger partial charge >= 0.3 is 6.03 Å². The van der Waals surface area contributed by atoms with Gasteiger partial charge in [-0.05, 0) is 44.0 Å². The van der Waals surface area contributed by atoms with Crippen LogP contribution in [0.25, 0.3) is 33.2 Å². The van der Waals surface area contributed by atoms with Crippen molar-refractivity contribution >= 4 is 39.6 Å². The van der Waals surface area contributed by atoms with E-state index in [0.717, 1.165) is 38.9 Å². The van der Waals surface area contributed by atoms with E-state index < -0.39 is 6.10 Å². The van der Waals surface area contributed by atoms with Crippen LogP contribution in [0.3, 0.4) is 0 Å². The summed E-state index contributed by atoms with van der Waals surface area (Å²) in [4.78, 5) is 45.3. The normalized spacial score (nSPS) is 17.4. The number of pyridine rings is 3. The summed E-state index contributed by atoms with van der Waals surface area (Å²) in [5.41, 5.74) is 5.74. The summed E-state index contributed by atoms with van der Waals surface area (Å²) >= 11 is 0. The molecule has 37 heavy (non-hydrogen) atoms. The average molecular weight is 497 g/mol. The summed E-state index contributed by atoms with van der Waals surface area (Å²) in [6.45, 7) is 2.92. The summed E-state index contributed by atoms with van der Waals surface area (Å²) in [6.07, 6.45) is 3.87. The van der Waals surface area contributed by atoms with E-state index in [2.05, 4.69) is 16.0 Å². The molecule has 2 aliphatic rings. The Morgan fingerprint density at radius 2 is 1.81 bits per heavy atom. The molecule has 5 heterocycles. The minimum atomic E-state index is -1.03. The van der Waals surface area contributed by atoms with Gasteiger partial charge in [-0.25, -0.2) is 9.78 Å². The molecule has 1 aromatic carbocycles. The summed E-state index contributed by atoms with van der Waals surface area (Å²) in [7, 11) is 1.79. The molecule has 0 spiro atoms. The van der Waals surface area contributed by atoms with Crippen molar-refractivity contribution in [2.24, 2.45) is 0 Å². The molecule has 3 amide bonds. The van der Waals surface area contributed by atoms with Gasteiger partial charge in [0.15, 0.2) is 0 Å². The second-order valence-corrected chi connectivity index (χ2v) is 9.85. The molecule has 1 N–H and O–H groups in total. The molecule has 0 saturated carbocycles. The van der Waals surface area contributed by atoms with Crippen molar-refractivity contribution in [2.45, 2.75) is 38.5 Å². The number of benzene rings is 1. The number of para-hydroxylation sites is 1. The number of carbonyl (C=O) groups excluding carboxylic acids is 2. The number of aliphatic hydroxyl groups is 1. The first kappa shape index (κ1) is 23.3. The molecular formula is C28H28N6O3. The van der Waals surface area contributed by atoms with Gasteiger partial charge in [-0.2, -0.15) is 0 Å². The van der Waals surface area contributed by atoms with E-state index in [0.29, 0.717) is 38.0 Å². The molecule has 2 aliphatic heterocycles. The number of aliphatic hydroxyl groups excluding tert-OH is 1. The highest BCUT2D eigenvalue weighted by molar-refractivity contribution is 6.04. The van der Waals surface area contributed by atoms with Crippen molar-refractivity contribution in [1.29, 1.82) is 0 Å². The second-order valence-electron chi connectivity index (χ2n) is 9.85. The molecule has 4 aromatic rings. The lowest BCUT2D eigenvalue weighted by Crippen LogP contribution is -2.55. The predicted molar refractivity (Wildman–Crippen MR) is 141 cm³/mol. The standard InChI is InChI=1S/C28H28N6O3/c1-17(35)27(36)33-11-9-21(10-12-33)34-26-20(16-32(2)28(34)37)15-30-24-8-7-23(31-25(24)26)19-13-18-5-3-4-6-22(18)29-14-19/h3-8,13-15,17,21,35H,9-12,16H2,1-2H3/t17-/m0/s1. The van der Waals surface area contributed by atoms with Crippen LogP contribution in [0, 0.1) is 0 Å². The van der Waals surface area contributed by atoms with Crippen LogP contribution in [0.2, 0.25) is 0 Å². The Kier molecular flexibility index (Phi) is 5.72. The third kappa shape index (κ3) is 4.05. The molecule has 188 valence electrons. The van der Waals surface area contributed by atoms with Crippen LogP contribution < -0.4 is 4.90 Å². The first-order chi connectivity index (χ1) is 17.9. The van der Waals surface area contributed by atoms with Gasteiger partial charge in [0.05, 0.1) is 29.0 Å². The maximum absolute atomic E-state index is 13.5. The Hall–Kier alpha value is -4.11.